The van der Waals surface area contributed by atoms with Gasteiger partial charge in [0.05, 0.1) is 16.8 Å². The van der Waals surface area contributed by atoms with Gasteiger partial charge in [0.1, 0.15) is 9.84 Å². The smallest absolute Gasteiger partial charge is 0.214 e. The zero-order chi connectivity index (χ0) is 14.8. The Morgan fingerprint density at radius 3 is 2.20 bits per heavy atom. The molecule has 0 amide bonds. The molecule has 0 aromatic heterocycles. The van der Waals surface area contributed by atoms with Crippen LogP contribution < -0.4 is 4.72 Å². The first-order valence-corrected chi connectivity index (χ1v) is 11.0. The van der Waals surface area contributed by atoms with Crippen LogP contribution >= 0.6 is 11.6 Å². The standard InChI is InChI=1S/C12H22ClNO4S2/c13-11-4-2-1-3-5-12(11)14-20(17,18)10-6-8-19(15,16)9-7-10/h10-12,14H,1-9H2. The summed E-state index contributed by atoms with van der Waals surface area (Å²) in [5.74, 6) is -0.0684. The Labute approximate surface area is 126 Å². The quantitative estimate of drug-likeness (QED) is 0.621. The van der Waals surface area contributed by atoms with Crippen LogP contribution in [-0.2, 0) is 19.9 Å². The molecule has 2 atom stereocenters. The van der Waals surface area contributed by atoms with Crippen molar-refractivity contribution in [3.05, 3.63) is 0 Å². The second-order valence-corrected chi connectivity index (χ2v) is 10.6. The van der Waals surface area contributed by atoms with Gasteiger partial charge >= 0.3 is 0 Å². The molecule has 1 saturated carbocycles. The van der Waals surface area contributed by atoms with Gasteiger partial charge < -0.3 is 0 Å². The number of alkyl halides is 1. The minimum absolute atomic E-state index is 0.0342. The molecule has 1 aliphatic carbocycles. The molecule has 5 nitrogen and oxygen atoms in total. The van der Waals surface area contributed by atoms with E-state index in [0.717, 1.165) is 32.1 Å². The second-order valence-electron chi connectivity index (χ2n) is 5.77. The molecule has 0 aromatic rings. The predicted molar refractivity (Wildman–Crippen MR) is 80.2 cm³/mol. The molecule has 1 N–H and O–H groups in total. The van der Waals surface area contributed by atoms with E-state index in [1.807, 2.05) is 0 Å². The van der Waals surface area contributed by atoms with Crippen molar-refractivity contribution in [3.8, 4) is 0 Å². The molecule has 1 aliphatic heterocycles. The van der Waals surface area contributed by atoms with Crippen molar-refractivity contribution in [1.82, 2.24) is 4.72 Å². The molecule has 2 aliphatic rings. The largest absolute Gasteiger partial charge is 0.229 e. The van der Waals surface area contributed by atoms with Gasteiger partial charge in [0.15, 0.2) is 0 Å². The molecule has 118 valence electrons. The van der Waals surface area contributed by atoms with E-state index in [4.69, 9.17) is 11.6 Å². The monoisotopic (exact) mass is 343 g/mol. The van der Waals surface area contributed by atoms with Gasteiger partial charge in [-0.25, -0.2) is 21.6 Å². The van der Waals surface area contributed by atoms with Crippen LogP contribution in [0.5, 0.6) is 0 Å². The number of sulfonamides is 1. The highest BCUT2D eigenvalue weighted by Crippen LogP contribution is 2.25. The normalized spacial score (nSPS) is 32.6. The van der Waals surface area contributed by atoms with Crippen molar-refractivity contribution in [2.75, 3.05) is 11.5 Å². The molecule has 0 radical (unpaired) electrons. The van der Waals surface area contributed by atoms with E-state index < -0.39 is 25.1 Å². The maximum atomic E-state index is 12.4. The highest BCUT2D eigenvalue weighted by molar-refractivity contribution is 7.92. The molecule has 2 fully saturated rings. The molecule has 1 saturated heterocycles. The van der Waals surface area contributed by atoms with Crippen LogP contribution in [0, 0.1) is 0 Å². The van der Waals surface area contributed by atoms with Crippen LogP contribution in [0.3, 0.4) is 0 Å². The van der Waals surface area contributed by atoms with Gasteiger partial charge in [0.25, 0.3) is 0 Å². The Kier molecular flexibility index (Phi) is 5.37. The average molecular weight is 344 g/mol. The summed E-state index contributed by atoms with van der Waals surface area (Å²) in [7, 11) is -6.53. The highest BCUT2D eigenvalue weighted by Gasteiger charge is 2.35. The van der Waals surface area contributed by atoms with Crippen LogP contribution in [0.25, 0.3) is 0 Å². The Morgan fingerprint density at radius 2 is 1.55 bits per heavy atom. The lowest BCUT2D eigenvalue weighted by Crippen LogP contribution is -2.47. The summed E-state index contributed by atoms with van der Waals surface area (Å²) in [6.07, 6.45) is 5.08. The van der Waals surface area contributed by atoms with Gasteiger partial charge in [-0.3, -0.25) is 0 Å². The Hall–Kier alpha value is 0.150. The first kappa shape index (κ1) is 16.5. The van der Waals surface area contributed by atoms with Crippen LogP contribution in [0.15, 0.2) is 0 Å². The average Bonchev–Trinajstić information content (AvgIpc) is 2.54. The lowest BCUT2D eigenvalue weighted by Gasteiger charge is -2.27. The van der Waals surface area contributed by atoms with E-state index in [9.17, 15) is 16.8 Å². The molecule has 0 bridgehead atoms. The molecule has 20 heavy (non-hydrogen) atoms. The zero-order valence-electron chi connectivity index (χ0n) is 11.4. The summed E-state index contributed by atoms with van der Waals surface area (Å²) >= 11 is 6.25. The topological polar surface area (TPSA) is 80.3 Å². The fourth-order valence-corrected chi connectivity index (χ4v) is 6.84. The van der Waals surface area contributed by atoms with Crippen LogP contribution in [-0.4, -0.2) is 45.0 Å². The first-order valence-electron chi connectivity index (χ1n) is 7.16. The fourth-order valence-electron chi connectivity index (χ4n) is 2.88. The summed E-state index contributed by atoms with van der Waals surface area (Å²) < 4.78 is 50.2. The number of nitrogens with one attached hydrogen (secondary N) is 1. The minimum atomic E-state index is -3.48. The van der Waals surface area contributed by atoms with Gasteiger partial charge in [-0.2, -0.15) is 0 Å². The second kappa shape index (κ2) is 6.50. The zero-order valence-corrected chi connectivity index (χ0v) is 13.8. The molecular formula is C12H22ClNO4S2. The summed E-state index contributed by atoms with van der Waals surface area (Å²) in [4.78, 5) is 0. The molecule has 0 aromatic carbocycles. The van der Waals surface area contributed by atoms with E-state index >= 15 is 0 Å². The van der Waals surface area contributed by atoms with Gasteiger partial charge in [0, 0.05) is 11.4 Å². The van der Waals surface area contributed by atoms with Gasteiger partial charge in [-0.1, -0.05) is 19.3 Å². The number of rotatable bonds is 3. The number of hydrogen-bond donors (Lipinski definition) is 1. The lowest BCUT2D eigenvalue weighted by molar-refractivity contribution is 0.498. The molecule has 8 heteroatoms. The molecule has 0 spiro atoms. The fraction of sp³-hybridized carbons (Fsp3) is 1.00. The third-order valence-electron chi connectivity index (χ3n) is 4.19. The number of halogens is 1. The maximum Gasteiger partial charge on any atom is 0.214 e. The van der Waals surface area contributed by atoms with E-state index in [0.29, 0.717) is 0 Å². The summed E-state index contributed by atoms with van der Waals surface area (Å²) in [6.45, 7) is 0. The van der Waals surface area contributed by atoms with Crippen molar-refractivity contribution < 1.29 is 16.8 Å². The highest BCUT2D eigenvalue weighted by atomic mass is 35.5. The number of hydrogen-bond acceptors (Lipinski definition) is 4. The molecular weight excluding hydrogens is 322 g/mol. The van der Waals surface area contributed by atoms with Crippen molar-refractivity contribution in [1.29, 1.82) is 0 Å². The number of sulfone groups is 1. The molecule has 2 rings (SSSR count). The Bertz CT molecular complexity index is 518. The van der Waals surface area contributed by atoms with Gasteiger partial charge in [-0.05, 0) is 25.7 Å². The van der Waals surface area contributed by atoms with E-state index in [1.54, 1.807) is 0 Å². The van der Waals surface area contributed by atoms with Gasteiger partial charge in [0.2, 0.25) is 10.0 Å². The third-order valence-corrected chi connectivity index (χ3v) is 8.41. The van der Waals surface area contributed by atoms with Crippen molar-refractivity contribution in [2.45, 2.75) is 61.6 Å². The van der Waals surface area contributed by atoms with Crippen molar-refractivity contribution in [3.63, 3.8) is 0 Å². The molecule has 2 unspecified atom stereocenters. The SMILES string of the molecule is O=S1(=O)CCC(S(=O)(=O)NC2CCCCCC2Cl)CC1. The first-order chi connectivity index (χ1) is 9.30. The minimum Gasteiger partial charge on any atom is -0.229 e. The molecule has 1 heterocycles. The summed E-state index contributed by atoms with van der Waals surface area (Å²) in [6, 6.07) is -0.220. The van der Waals surface area contributed by atoms with Crippen LogP contribution in [0.1, 0.15) is 44.9 Å². The summed E-state index contributed by atoms with van der Waals surface area (Å²) in [5.41, 5.74) is 0. The van der Waals surface area contributed by atoms with E-state index in [1.165, 1.54) is 0 Å². The Morgan fingerprint density at radius 1 is 0.950 bits per heavy atom. The third kappa shape index (κ3) is 4.32. The van der Waals surface area contributed by atoms with Crippen LogP contribution in [0.2, 0.25) is 0 Å². The van der Waals surface area contributed by atoms with Gasteiger partial charge in [-0.15, -0.1) is 11.6 Å². The van der Waals surface area contributed by atoms with E-state index in [2.05, 4.69) is 4.72 Å². The van der Waals surface area contributed by atoms with E-state index in [-0.39, 0.29) is 35.8 Å². The predicted octanol–water partition coefficient (Wildman–Crippen LogP) is 1.42. The van der Waals surface area contributed by atoms with Crippen molar-refractivity contribution in [2.24, 2.45) is 0 Å². The lowest BCUT2D eigenvalue weighted by atomic mass is 10.1. The Balaban J connectivity index is 2.00. The maximum absolute atomic E-state index is 12.4. The van der Waals surface area contributed by atoms with Crippen molar-refractivity contribution >= 4 is 31.5 Å². The summed E-state index contributed by atoms with van der Waals surface area (Å²) in [5, 5.41) is -0.766. The van der Waals surface area contributed by atoms with Crippen LogP contribution in [0.4, 0.5) is 0 Å².